The summed E-state index contributed by atoms with van der Waals surface area (Å²) in [6.45, 7) is 1.80. The zero-order chi connectivity index (χ0) is 18.5. The molecule has 0 spiro atoms. The van der Waals surface area contributed by atoms with Crippen molar-refractivity contribution in [2.24, 2.45) is 0 Å². The highest BCUT2D eigenvalue weighted by molar-refractivity contribution is 6.30. The van der Waals surface area contributed by atoms with E-state index in [1.807, 2.05) is 18.2 Å². The van der Waals surface area contributed by atoms with Crippen molar-refractivity contribution >= 4 is 23.2 Å². The van der Waals surface area contributed by atoms with Crippen molar-refractivity contribution in [3.63, 3.8) is 0 Å². The quantitative estimate of drug-likeness (QED) is 0.775. The van der Waals surface area contributed by atoms with Gasteiger partial charge in [-0.3, -0.25) is 0 Å². The van der Waals surface area contributed by atoms with Gasteiger partial charge >= 0.3 is 0 Å². The molecule has 1 fully saturated rings. The number of anilines is 2. The SMILES string of the molecule is CN(C)C(CNc1cc(N2CCCC2CO)ncn1)c1ccc(Cl)cc1. The molecule has 1 aliphatic rings. The number of aliphatic hydroxyl groups is 1. The maximum absolute atomic E-state index is 9.53. The van der Waals surface area contributed by atoms with Gasteiger partial charge in [-0.25, -0.2) is 9.97 Å². The summed E-state index contributed by atoms with van der Waals surface area (Å²) in [7, 11) is 4.12. The van der Waals surface area contributed by atoms with E-state index in [9.17, 15) is 5.11 Å². The summed E-state index contributed by atoms with van der Waals surface area (Å²) in [6.07, 6.45) is 3.66. The zero-order valence-corrected chi connectivity index (χ0v) is 16.0. The summed E-state index contributed by atoms with van der Waals surface area (Å²) in [4.78, 5) is 13.1. The molecule has 6 nitrogen and oxygen atoms in total. The number of nitrogens with zero attached hydrogens (tertiary/aromatic N) is 4. The van der Waals surface area contributed by atoms with Gasteiger partial charge in [0.05, 0.1) is 18.7 Å². The lowest BCUT2D eigenvalue weighted by molar-refractivity contribution is 0.266. The van der Waals surface area contributed by atoms with Crippen molar-refractivity contribution in [3.05, 3.63) is 47.2 Å². The summed E-state index contributed by atoms with van der Waals surface area (Å²) in [5, 5.41) is 13.7. The van der Waals surface area contributed by atoms with Crippen LogP contribution in [0.4, 0.5) is 11.6 Å². The number of aromatic nitrogens is 2. The number of benzene rings is 1. The number of rotatable bonds is 7. The minimum atomic E-state index is 0.154. The first-order valence-electron chi connectivity index (χ1n) is 8.94. The lowest BCUT2D eigenvalue weighted by Gasteiger charge is -2.26. The van der Waals surface area contributed by atoms with Gasteiger partial charge in [0.1, 0.15) is 18.0 Å². The monoisotopic (exact) mass is 375 g/mol. The van der Waals surface area contributed by atoms with E-state index >= 15 is 0 Å². The number of halogens is 1. The highest BCUT2D eigenvalue weighted by Gasteiger charge is 2.25. The van der Waals surface area contributed by atoms with Crippen LogP contribution in [0, 0.1) is 0 Å². The van der Waals surface area contributed by atoms with Gasteiger partial charge in [-0.2, -0.15) is 0 Å². The van der Waals surface area contributed by atoms with Crippen LogP contribution in [-0.4, -0.2) is 59.8 Å². The molecule has 140 valence electrons. The van der Waals surface area contributed by atoms with Crippen LogP contribution >= 0.6 is 11.6 Å². The molecule has 0 radical (unpaired) electrons. The molecular formula is C19H26ClN5O. The van der Waals surface area contributed by atoms with Crippen LogP contribution in [0.15, 0.2) is 36.7 Å². The molecular weight excluding hydrogens is 350 g/mol. The van der Waals surface area contributed by atoms with E-state index in [1.165, 1.54) is 5.56 Å². The standard InChI is InChI=1S/C19H26ClN5O/c1-24(2)17(14-5-7-15(20)8-6-14)11-21-18-10-19(23-13-22-18)25-9-3-4-16(25)12-26/h5-8,10,13,16-17,26H,3-4,9,11-12H2,1-2H3,(H,21,22,23). The van der Waals surface area contributed by atoms with Gasteiger partial charge in [0, 0.05) is 24.2 Å². The van der Waals surface area contributed by atoms with Crippen LogP contribution in [0.5, 0.6) is 0 Å². The summed E-state index contributed by atoms with van der Waals surface area (Å²) in [5.41, 5.74) is 1.20. The molecule has 26 heavy (non-hydrogen) atoms. The number of nitrogens with one attached hydrogen (secondary N) is 1. The van der Waals surface area contributed by atoms with Gasteiger partial charge < -0.3 is 20.2 Å². The molecule has 1 aliphatic heterocycles. The second-order valence-corrected chi connectivity index (χ2v) is 7.28. The number of likely N-dealkylation sites (N-methyl/N-ethyl adjacent to an activating group) is 1. The van der Waals surface area contributed by atoms with Crippen molar-refractivity contribution in [1.82, 2.24) is 14.9 Å². The third-order valence-corrected chi connectivity index (χ3v) is 5.14. The highest BCUT2D eigenvalue weighted by atomic mass is 35.5. The van der Waals surface area contributed by atoms with Crippen LogP contribution in [0.2, 0.25) is 5.02 Å². The van der Waals surface area contributed by atoms with Gasteiger partial charge in [0.2, 0.25) is 0 Å². The minimum Gasteiger partial charge on any atom is -0.394 e. The Hall–Kier alpha value is -1.89. The molecule has 1 aromatic heterocycles. The van der Waals surface area contributed by atoms with Crippen LogP contribution in [0.3, 0.4) is 0 Å². The van der Waals surface area contributed by atoms with Gasteiger partial charge in [-0.15, -0.1) is 0 Å². The molecule has 0 saturated carbocycles. The predicted molar refractivity (Wildman–Crippen MR) is 106 cm³/mol. The van der Waals surface area contributed by atoms with Crippen LogP contribution < -0.4 is 10.2 Å². The zero-order valence-electron chi connectivity index (χ0n) is 15.3. The van der Waals surface area contributed by atoms with E-state index in [-0.39, 0.29) is 18.7 Å². The Bertz CT molecular complexity index is 709. The van der Waals surface area contributed by atoms with E-state index in [1.54, 1.807) is 6.33 Å². The third kappa shape index (κ3) is 4.44. The largest absolute Gasteiger partial charge is 0.394 e. The fraction of sp³-hybridized carbons (Fsp3) is 0.474. The first-order chi connectivity index (χ1) is 12.6. The fourth-order valence-corrected chi connectivity index (χ4v) is 3.54. The Kier molecular flexibility index (Phi) is 6.29. The Morgan fingerprint density at radius 2 is 2.08 bits per heavy atom. The average molecular weight is 376 g/mol. The number of hydrogen-bond acceptors (Lipinski definition) is 6. The number of hydrogen-bond donors (Lipinski definition) is 2. The number of aliphatic hydroxyl groups excluding tert-OH is 1. The van der Waals surface area contributed by atoms with Gasteiger partial charge in [0.25, 0.3) is 0 Å². The maximum Gasteiger partial charge on any atom is 0.134 e. The minimum absolute atomic E-state index is 0.154. The second-order valence-electron chi connectivity index (χ2n) is 6.85. The van der Waals surface area contributed by atoms with E-state index in [2.05, 4.69) is 51.3 Å². The van der Waals surface area contributed by atoms with Gasteiger partial charge in [0.15, 0.2) is 0 Å². The predicted octanol–water partition coefficient (Wildman–Crippen LogP) is 2.81. The summed E-state index contributed by atoms with van der Waals surface area (Å²) >= 11 is 6.00. The molecule has 1 saturated heterocycles. The molecule has 7 heteroatoms. The van der Waals surface area contributed by atoms with Crippen molar-refractivity contribution in [3.8, 4) is 0 Å². The Balaban J connectivity index is 1.70. The van der Waals surface area contributed by atoms with Crippen molar-refractivity contribution in [2.45, 2.75) is 24.9 Å². The van der Waals surface area contributed by atoms with E-state index < -0.39 is 0 Å². The van der Waals surface area contributed by atoms with E-state index in [4.69, 9.17) is 11.6 Å². The summed E-state index contributed by atoms with van der Waals surface area (Å²) in [5.74, 6) is 1.66. The molecule has 2 aromatic rings. The van der Waals surface area contributed by atoms with Crippen LogP contribution in [0.25, 0.3) is 0 Å². The Morgan fingerprint density at radius 3 is 2.77 bits per heavy atom. The second kappa shape index (κ2) is 8.66. The Labute approximate surface area is 159 Å². The highest BCUT2D eigenvalue weighted by Crippen LogP contribution is 2.25. The van der Waals surface area contributed by atoms with E-state index in [0.29, 0.717) is 6.54 Å². The molecule has 2 N–H and O–H groups in total. The lowest BCUT2D eigenvalue weighted by atomic mass is 10.1. The first kappa shape index (κ1) is 18.9. The van der Waals surface area contributed by atoms with E-state index in [0.717, 1.165) is 36.0 Å². The summed E-state index contributed by atoms with van der Waals surface area (Å²) < 4.78 is 0. The van der Waals surface area contributed by atoms with Crippen LogP contribution in [0.1, 0.15) is 24.4 Å². The lowest BCUT2D eigenvalue weighted by Crippen LogP contribution is -2.33. The molecule has 0 amide bonds. The first-order valence-corrected chi connectivity index (χ1v) is 9.31. The third-order valence-electron chi connectivity index (χ3n) is 4.89. The normalized spacial score (nSPS) is 18.3. The molecule has 2 heterocycles. The topological polar surface area (TPSA) is 64.5 Å². The Morgan fingerprint density at radius 1 is 1.31 bits per heavy atom. The van der Waals surface area contributed by atoms with Crippen molar-refractivity contribution in [1.29, 1.82) is 0 Å². The van der Waals surface area contributed by atoms with Gasteiger partial charge in [-0.1, -0.05) is 23.7 Å². The fourth-order valence-electron chi connectivity index (χ4n) is 3.41. The summed E-state index contributed by atoms with van der Waals surface area (Å²) in [6, 6.07) is 10.2. The molecule has 2 atom stereocenters. The van der Waals surface area contributed by atoms with Crippen LogP contribution in [-0.2, 0) is 0 Å². The maximum atomic E-state index is 9.53. The molecule has 2 unspecified atom stereocenters. The molecule has 0 bridgehead atoms. The molecule has 3 rings (SSSR count). The average Bonchev–Trinajstić information content (AvgIpc) is 3.12. The molecule has 0 aliphatic carbocycles. The van der Waals surface area contributed by atoms with Gasteiger partial charge in [-0.05, 0) is 44.6 Å². The smallest absolute Gasteiger partial charge is 0.134 e. The van der Waals surface area contributed by atoms with Crippen molar-refractivity contribution < 1.29 is 5.11 Å². The van der Waals surface area contributed by atoms with Crippen molar-refractivity contribution in [2.75, 3.05) is 44.0 Å². The molecule has 1 aromatic carbocycles.